The van der Waals surface area contributed by atoms with Gasteiger partial charge in [-0.1, -0.05) is 0 Å². The van der Waals surface area contributed by atoms with E-state index in [1.807, 2.05) is 7.05 Å². The van der Waals surface area contributed by atoms with Crippen molar-refractivity contribution in [2.75, 3.05) is 13.6 Å². The molecule has 0 aromatic rings. The van der Waals surface area contributed by atoms with E-state index in [1.54, 1.807) is 4.90 Å². The first kappa shape index (κ1) is 13.0. The van der Waals surface area contributed by atoms with Crippen LogP contribution >= 0.6 is 0 Å². The number of likely N-dealkylation sites (N-methyl/N-ethyl adjacent to an activating group) is 1. The number of nitriles is 1. The van der Waals surface area contributed by atoms with Crippen molar-refractivity contribution in [3.8, 4) is 6.07 Å². The van der Waals surface area contributed by atoms with Crippen molar-refractivity contribution in [3.05, 3.63) is 0 Å². The summed E-state index contributed by atoms with van der Waals surface area (Å²) in [5.74, 6) is 0.0836. The van der Waals surface area contributed by atoms with E-state index in [9.17, 15) is 4.79 Å². The number of nitrogens with zero attached hydrogens (tertiary/aromatic N) is 3. The topological polar surface area (TPSA) is 47.3 Å². The van der Waals surface area contributed by atoms with Gasteiger partial charge in [0.05, 0.1) is 12.5 Å². The molecule has 0 aromatic carbocycles. The quantitative estimate of drug-likeness (QED) is 0.707. The van der Waals surface area contributed by atoms with Crippen LogP contribution in [0, 0.1) is 11.3 Å². The summed E-state index contributed by atoms with van der Waals surface area (Å²) in [6.07, 6.45) is 1.26. The predicted octanol–water partition coefficient (Wildman–Crippen LogP) is 1.23. The van der Waals surface area contributed by atoms with E-state index in [2.05, 4.69) is 31.7 Å². The molecule has 1 aliphatic heterocycles. The first-order chi connectivity index (χ1) is 7.49. The molecule has 0 saturated carbocycles. The molecule has 1 saturated heterocycles. The van der Waals surface area contributed by atoms with Gasteiger partial charge in [-0.15, -0.1) is 0 Å². The highest BCUT2D eigenvalue weighted by Crippen LogP contribution is 2.19. The third kappa shape index (κ3) is 2.53. The molecule has 1 heterocycles. The minimum atomic E-state index is -0.264. The lowest BCUT2D eigenvalue weighted by molar-refractivity contribution is -0.135. The monoisotopic (exact) mass is 223 g/mol. The lowest BCUT2D eigenvalue weighted by Gasteiger charge is -2.31. The largest absolute Gasteiger partial charge is 0.342 e. The summed E-state index contributed by atoms with van der Waals surface area (Å²) in [4.78, 5) is 16.1. The lowest BCUT2D eigenvalue weighted by Crippen LogP contribution is -2.48. The molecular formula is C12H21N3O. The highest BCUT2D eigenvalue weighted by molar-refractivity contribution is 5.82. The van der Waals surface area contributed by atoms with Crippen molar-refractivity contribution in [3.63, 3.8) is 0 Å². The zero-order chi connectivity index (χ0) is 12.3. The second kappa shape index (κ2) is 5.31. The maximum Gasteiger partial charge on any atom is 0.240 e. The zero-order valence-electron chi connectivity index (χ0n) is 10.6. The smallest absolute Gasteiger partial charge is 0.240 e. The molecule has 0 aromatic heterocycles. The molecular weight excluding hydrogens is 202 g/mol. The summed E-state index contributed by atoms with van der Waals surface area (Å²) in [7, 11) is 1.83. The fraction of sp³-hybridized carbons (Fsp3) is 0.833. The van der Waals surface area contributed by atoms with E-state index in [-0.39, 0.29) is 24.4 Å². The summed E-state index contributed by atoms with van der Waals surface area (Å²) in [6, 6.07) is 2.43. The third-order valence-corrected chi connectivity index (χ3v) is 3.45. The van der Waals surface area contributed by atoms with Crippen LogP contribution in [0.5, 0.6) is 0 Å². The van der Waals surface area contributed by atoms with E-state index >= 15 is 0 Å². The van der Waals surface area contributed by atoms with Crippen molar-refractivity contribution >= 4 is 5.91 Å². The second-order valence-electron chi connectivity index (χ2n) is 4.80. The average molecular weight is 223 g/mol. The van der Waals surface area contributed by atoms with Gasteiger partial charge in [-0.2, -0.15) is 5.26 Å². The van der Waals surface area contributed by atoms with Crippen LogP contribution in [-0.4, -0.2) is 47.4 Å². The van der Waals surface area contributed by atoms with Crippen LogP contribution in [0.4, 0.5) is 0 Å². The van der Waals surface area contributed by atoms with Crippen molar-refractivity contribution in [1.82, 2.24) is 9.80 Å². The van der Waals surface area contributed by atoms with Gasteiger partial charge < -0.3 is 4.90 Å². The molecule has 16 heavy (non-hydrogen) atoms. The summed E-state index contributed by atoms with van der Waals surface area (Å²) in [5.41, 5.74) is 0. The van der Waals surface area contributed by atoms with E-state index in [4.69, 9.17) is 5.26 Å². The SMILES string of the molecule is CC1CCN(C(C)C)C(CC#N)C(=O)N1C. The number of carbonyl (C=O) groups is 1. The molecule has 0 bridgehead atoms. The normalized spacial score (nSPS) is 28.0. The van der Waals surface area contributed by atoms with Gasteiger partial charge in [-0.05, 0) is 27.2 Å². The number of rotatable bonds is 2. The Hall–Kier alpha value is -1.08. The molecule has 1 rings (SSSR count). The van der Waals surface area contributed by atoms with Crippen LogP contribution in [0.1, 0.15) is 33.6 Å². The maximum atomic E-state index is 12.2. The summed E-state index contributed by atoms with van der Waals surface area (Å²) in [6.45, 7) is 7.10. The predicted molar refractivity (Wildman–Crippen MR) is 62.7 cm³/mol. The van der Waals surface area contributed by atoms with Crippen molar-refractivity contribution < 1.29 is 4.79 Å². The van der Waals surface area contributed by atoms with Crippen LogP contribution < -0.4 is 0 Å². The Morgan fingerprint density at radius 1 is 1.56 bits per heavy atom. The first-order valence-electron chi connectivity index (χ1n) is 5.88. The fourth-order valence-corrected chi connectivity index (χ4v) is 2.19. The molecule has 1 aliphatic rings. The zero-order valence-corrected chi connectivity index (χ0v) is 10.6. The molecule has 1 amide bonds. The molecule has 4 heteroatoms. The molecule has 0 radical (unpaired) electrons. The Kier molecular flexibility index (Phi) is 4.31. The van der Waals surface area contributed by atoms with Crippen LogP contribution in [0.3, 0.4) is 0 Å². The Morgan fingerprint density at radius 3 is 2.69 bits per heavy atom. The van der Waals surface area contributed by atoms with Gasteiger partial charge in [-0.3, -0.25) is 9.69 Å². The van der Waals surface area contributed by atoms with Gasteiger partial charge in [0, 0.05) is 25.7 Å². The van der Waals surface area contributed by atoms with Gasteiger partial charge >= 0.3 is 0 Å². The maximum absolute atomic E-state index is 12.2. The van der Waals surface area contributed by atoms with Gasteiger partial charge in [0.25, 0.3) is 0 Å². The lowest BCUT2D eigenvalue weighted by atomic mass is 10.1. The van der Waals surface area contributed by atoms with Crippen LogP contribution in [0.25, 0.3) is 0 Å². The molecule has 1 fully saturated rings. The van der Waals surface area contributed by atoms with Gasteiger partial charge in [0.2, 0.25) is 5.91 Å². The number of hydrogen-bond donors (Lipinski definition) is 0. The molecule has 90 valence electrons. The number of carbonyl (C=O) groups excluding carboxylic acids is 1. The Bertz CT molecular complexity index is 295. The summed E-state index contributed by atoms with van der Waals surface area (Å²) >= 11 is 0. The van der Waals surface area contributed by atoms with E-state index in [0.29, 0.717) is 6.04 Å². The molecule has 4 nitrogen and oxygen atoms in total. The fourth-order valence-electron chi connectivity index (χ4n) is 2.19. The summed E-state index contributed by atoms with van der Waals surface area (Å²) < 4.78 is 0. The van der Waals surface area contributed by atoms with Crippen molar-refractivity contribution in [1.29, 1.82) is 5.26 Å². The first-order valence-corrected chi connectivity index (χ1v) is 5.88. The highest BCUT2D eigenvalue weighted by atomic mass is 16.2. The molecule has 2 atom stereocenters. The number of amides is 1. The Morgan fingerprint density at radius 2 is 2.19 bits per heavy atom. The minimum Gasteiger partial charge on any atom is -0.342 e. The molecule has 2 unspecified atom stereocenters. The molecule has 0 N–H and O–H groups in total. The van der Waals surface area contributed by atoms with Crippen LogP contribution in [-0.2, 0) is 4.79 Å². The van der Waals surface area contributed by atoms with E-state index in [1.165, 1.54) is 0 Å². The van der Waals surface area contributed by atoms with E-state index < -0.39 is 0 Å². The van der Waals surface area contributed by atoms with E-state index in [0.717, 1.165) is 13.0 Å². The second-order valence-corrected chi connectivity index (χ2v) is 4.80. The van der Waals surface area contributed by atoms with Gasteiger partial charge in [0.15, 0.2) is 0 Å². The molecule has 0 spiro atoms. The van der Waals surface area contributed by atoms with Crippen LogP contribution in [0.15, 0.2) is 0 Å². The number of hydrogen-bond acceptors (Lipinski definition) is 3. The Labute approximate surface area is 97.8 Å². The highest BCUT2D eigenvalue weighted by Gasteiger charge is 2.34. The standard InChI is InChI=1S/C12H21N3O/c1-9(2)15-8-6-10(3)14(4)12(16)11(15)5-7-13/h9-11H,5-6,8H2,1-4H3. The van der Waals surface area contributed by atoms with Gasteiger partial charge in [0.1, 0.15) is 6.04 Å². The average Bonchev–Trinajstić information content (AvgIpc) is 2.33. The van der Waals surface area contributed by atoms with Crippen molar-refractivity contribution in [2.45, 2.75) is 51.7 Å². The Balaban J connectivity index is 2.93. The van der Waals surface area contributed by atoms with Crippen LogP contribution in [0.2, 0.25) is 0 Å². The van der Waals surface area contributed by atoms with Crippen molar-refractivity contribution in [2.24, 2.45) is 0 Å². The summed E-state index contributed by atoms with van der Waals surface area (Å²) in [5, 5.41) is 8.83. The third-order valence-electron chi connectivity index (χ3n) is 3.45. The minimum absolute atomic E-state index is 0.0836. The molecule has 0 aliphatic carbocycles. The van der Waals surface area contributed by atoms with Gasteiger partial charge in [-0.25, -0.2) is 0 Å².